The molecular formula is C22H17Cl3N2O. The minimum absolute atomic E-state index is 0.141. The summed E-state index contributed by atoms with van der Waals surface area (Å²) in [5.41, 5.74) is 3.24. The lowest BCUT2D eigenvalue weighted by Gasteiger charge is -2.30. The van der Waals surface area contributed by atoms with Gasteiger partial charge >= 0.3 is 0 Å². The maximum absolute atomic E-state index is 13.2. The second-order valence-corrected chi connectivity index (χ2v) is 8.23. The molecule has 3 nitrogen and oxygen atoms in total. The fourth-order valence-corrected chi connectivity index (χ4v) is 4.11. The van der Waals surface area contributed by atoms with Crippen LogP contribution < -0.4 is 10.6 Å². The molecule has 0 bridgehead atoms. The molecule has 28 heavy (non-hydrogen) atoms. The molecule has 0 fully saturated rings. The maximum atomic E-state index is 13.2. The van der Waals surface area contributed by atoms with E-state index in [1.54, 1.807) is 12.1 Å². The number of halogens is 3. The van der Waals surface area contributed by atoms with Gasteiger partial charge in [0, 0.05) is 38.4 Å². The predicted molar refractivity (Wildman–Crippen MR) is 117 cm³/mol. The molecule has 0 radical (unpaired) electrons. The van der Waals surface area contributed by atoms with Crippen molar-refractivity contribution < 1.29 is 4.79 Å². The van der Waals surface area contributed by atoms with Crippen molar-refractivity contribution >= 4 is 52.1 Å². The summed E-state index contributed by atoms with van der Waals surface area (Å²) in [7, 11) is 0. The summed E-state index contributed by atoms with van der Waals surface area (Å²) in [6, 6.07) is 18.6. The molecule has 0 spiro atoms. The van der Waals surface area contributed by atoms with Crippen LogP contribution >= 0.6 is 34.8 Å². The van der Waals surface area contributed by atoms with Crippen LogP contribution in [0, 0.1) is 6.92 Å². The smallest absolute Gasteiger partial charge is 0.255 e. The van der Waals surface area contributed by atoms with Gasteiger partial charge in [0.25, 0.3) is 5.91 Å². The Labute approximate surface area is 178 Å². The first-order valence-electron chi connectivity index (χ1n) is 8.78. The highest BCUT2D eigenvalue weighted by Gasteiger charge is 2.47. The highest BCUT2D eigenvalue weighted by molar-refractivity contribution is 6.32. The Bertz CT molecular complexity index is 1080. The van der Waals surface area contributed by atoms with Gasteiger partial charge in [0.2, 0.25) is 0 Å². The third-order valence-electron chi connectivity index (χ3n) is 4.95. The lowest BCUT2D eigenvalue weighted by molar-refractivity contribution is -0.119. The van der Waals surface area contributed by atoms with Gasteiger partial charge in [-0.2, -0.15) is 0 Å². The third kappa shape index (κ3) is 3.46. The summed E-state index contributed by atoms with van der Waals surface area (Å²) in [5, 5.41) is 8.30. The van der Waals surface area contributed by atoms with E-state index < -0.39 is 5.54 Å². The van der Waals surface area contributed by atoms with Crippen LogP contribution in [-0.2, 0) is 16.8 Å². The van der Waals surface area contributed by atoms with Crippen molar-refractivity contribution in [3.8, 4) is 0 Å². The van der Waals surface area contributed by atoms with Crippen molar-refractivity contribution in [2.75, 3.05) is 10.6 Å². The van der Waals surface area contributed by atoms with E-state index in [9.17, 15) is 4.79 Å². The van der Waals surface area contributed by atoms with Crippen LogP contribution in [0.2, 0.25) is 15.1 Å². The second-order valence-electron chi connectivity index (χ2n) is 6.95. The molecule has 0 saturated heterocycles. The van der Waals surface area contributed by atoms with Crippen molar-refractivity contribution in [1.29, 1.82) is 0 Å². The molecule has 6 heteroatoms. The molecule has 3 aromatic carbocycles. The Hall–Kier alpha value is -2.20. The minimum atomic E-state index is -0.995. The number of fused-ring (bicyclic) bond motifs is 1. The molecule has 2 N–H and O–H groups in total. The monoisotopic (exact) mass is 430 g/mol. The standard InChI is InChI=1S/C22H17Cl3N2O/c1-13-9-17(6-8-19(13)25)27-22(12-14-3-2-4-15(23)10-14)18-7-5-16(24)11-20(18)26-21(22)28/h2-11,27H,12H2,1H3,(H,26,28). The number of anilines is 2. The van der Waals surface area contributed by atoms with E-state index in [2.05, 4.69) is 10.6 Å². The fourth-order valence-electron chi connectivity index (χ4n) is 3.61. The number of carbonyl (C=O) groups excluding carboxylic acids is 1. The van der Waals surface area contributed by atoms with Crippen LogP contribution in [0.1, 0.15) is 16.7 Å². The average molecular weight is 432 g/mol. The SMILES string of the molecule is Cc1cc(NC2(Cc3cccc(Cl)c3)C(=O)Nc3cc(Cl)ccc32)ccc1Cl. The van der Waals surface area contributed by atoms with E-state index in [1.807, 2.05) is 55.5 Å². The highest BCUT2D eigenvalue weighted by Crippen LogP contribution is 2.42. The molecule has 1 unspecified atom stereocenters. The number of rotatable bonds is 4. The zero-order chi connectivity index (χ0) is 19.9. The van der Waals surface area contributed by atoms with Crippen molar-refractivity contribution in [2.24, 2.45) is 0 Å². The second kappa shape index (κ2) is 7.32. The van der Waals surface area contributed by atoms with Gasteiger partial charge in [0.1, 0.15) is 5.54 Å². The average Bonchev–Trinajstić information content (AvgIpc) is 2.89. The minimum Gasteiger partial charge on any atom is -0.367 e. The van der Waals surface area contributed by atoms with Crippen molar-refractivity contribution in [1.82, 2.24) is 0 Å². The summed E-state index contributed by atoms with van der Waals surface area (Å²) in [6.45, 7) is 1.93. The third-order valence-corrected chi connectivity index (χ3v) is 5.85. The van der Waals surface area contributed by atoms with Crippen LogP contribution in [-0.4, -0.2) is 5.91 Å². The zero-order valence-electron chi connectivity index (χ0n) is 15.0. The van der Waals surface area contributed by atoms with Gasteiger partial charge in [-0.05, 0) is 60.5 Å². The lowest BCUT2D eigenvalue weighted by atomic mass is 9.84. The molecule has 0 aliphatic carbocycles. The van der Waals surface area contributed by atoms with Crippen molar-refractivity contribution in [2.45, 2.75) is 18.9 Å². The summed E-state index contributed by atoms with van der Waals surface area (Å²) < 4.78 is 0. The number of aryl methyl sites for hydroxylation is 1. The Kier molecular flexibility index (Phi) is 5.00. The first kappa shape index (κ1) is 19.1. The molecule has 0 aromatic heterocycles. The van der Waals surface area contributed by atoms with Gasteiger partial charge in [0.05, 0.1) is 0 Å². The molecule has 1 aliphatic rings. The Morgan fingerprint density at radius 3 is 2.50 bits per heavy atom. The van der Waals surface area contributed by atoms with Crippen LogP contribution in [0.25, 0.3) is 0 Å². The van der Waals surface area contributed by atoms with Gasteiger partial charge in [-0.3, -0.25) is 4.79 Å². The van der Waals surface area contributed by atoms with Crippen LogP contribution in [0.15, 0.2) is 60.7 Å². The predicted octanol–water partition coefficient (Wildman–Crippen LogP) is 6.46. The molecule has 1 aliphatic heterocycles. The molecule has 0 saturated carbocycles. The number of amides is 1. The quantitative estimate of drug-likeness (QED) is 0.498. The normalized spacial score (nSPS) is 17.9. The van der Waals surface area contributed by atoms with E-state index in [0.29, 0.717) is 27.2 Å². The van der Waals surface area contributed by atoms with Gasteiger partial charge < -0.3 is 10.6 Å². The molecule has 3 aromatic rings. The Morgan fingerprint density at radius 1 is 0.964 bits per heavy atom. The Morgan fingerprint density at radius 2 is 1.75 bits per heavy atom. The van der Waals surface area contributed by atoms with Gasteiger partial charge in [-0.15, -0.1) is 0 Å². The molecule has 1 amide bonds. The Balaban J connectivity index is 1.84. The lowest BCUT2D eigenvalue weighted by Crippen LogP contribution is -2.44. The number of hydrogen-bond donors (Lipinski definition) is 2. The first-order valence-corrected chi connectivity index (χ1v) is 9.91. The van der Waals surface area contributed by atoms with Gasteiger partial charge in [0.15, 0.2) is 0 Å². The molecule has 1 atom stereocenters. The summed E-state index contributed by atoms with van der Waals surface area (Å²) in [5.74, 6) is -0.141. The number of benzene rings is 3. The van der Waals surface area contributed by atoms with Crippen LogP contribution in [0.4, 0.5) is 11.4 Å². The molecule has 142 valence electrons. The van der Waals surface area contributed by atoms with Gasteiger partial charge in [-0.25, -0.2) is 0 Å². The number of carbonyl (C=O) groups is 1. The summed E-state index contributed by atoms with van der Waals surface area (Å²) in [4.78, 5) is 13.2. The summed E-state index contributed by atoms with van der Waals surface area (Å²) in [6.07, 6.45) is 0.426. The first-order chi connectivity index (χ1) is 13.4. The fraction of sp³-hybridized carbons (Fsp3) is 0.136. The van der Waals surface area contributed by atoms with Crippen molar-refractivity contribution in [3.05, 3.63) is 92.4 Å². The number of nitrogens with one attached hydrogen (secondary N) is 2. The van der Waals surface area contributed by atoms with Crippen molar-refractivity contribution in [3.63, 3.8) is 0 Å². The molecule has 1 heterocycles. The zero-order valence-corrected chi connectivity index (χ0v) is 17.3. The van der Waals surface area contributed by atoms with E-state index in [0.717, 1.165) is 22.4 Å². The van der Waals surface area contributed by atoms with Crippen LogP contribution in [0.5, 0.6) is 0 Å². The van der Waals surface area contributed by atoms with Gasteiger partial charge in [-0.1, -0.05) is 53.0 Å². The van der Waals surface area contributed by atoms with Crippen LogP contribution in [0.3, 0.4) is 0 Å². The molecular weight excluding hydrogens is 415 g/mol. The van der Waals surface area contributed by atoms with E-state index >= 15 is 0 Å². The number of hydrogen-bond acceptors (Lipinski definition) is 2. The van der Waals surface area contributed by atoms with E-state index in [-0.39, 0.29) is 5.91 Å². The van der Waals surface area contributed by atoms with E-state index in [4.69, 9.17) is 34.8 Å². The van der Waals surface area contributed by atoms with E-state index in [1.165, 1.54) is 0 Å². The maximum Gasteiger partial charge on any atom is 0.255 e. The highest BCUT2D eigenvalue weighted by atomic mass is 35.5. The molecule has 4 rings (SSSR count). The largest absolute Gasteiger partial charge is 0.367 e. The summed E-state index contributed by atoms with van der Waals surface area (Å²) >= 11 is 18.5. The topological polar surface area (TPSA) is 41.1 Å².